The van der Waals surface area contributed by atoms with Crippen molar-refractivity contribution in [3.05, 3.63) is 18.0 Å². The zero-order valence-electron chi connectivity index (χ0n) is 14.3. The minimum atomic E-state index is -0.258. The second-order valence-corrected chi connectivity index (χ2v) is 6.65. The van der Waals surface area contributed by atoms with Gasteiger partial charge < -0.3 is 14.9 Å². The van der Waals surface area contributed by atoms with Gasteiger partial charge in [-0.15, -0.1) is 0 Å². The van der Waals surface area contributed by atoms with E-state index in [1.807, 2.05) is 17.9 Å². The second-order valence-electron chi connectivity index (χ2n) is 6.65. The van der Waals surface area contributed by atoms with Gasteiger partial charge in [-0.05, 0) is 39.0 Å². The Morgan fingerprint density at radius 1 is 1.27 bits per heavy atom. The molecule has 1 aromatic heterocycles. The fraction of sp³-hybridized carbons (Fsp3) is 0.812. The Balaban J connectivity index is 1.58. The van der Waals surface area contributed by atoms with E-state index in [-0.39, 0.29) is 6.10 Å². The van der Waals surface area contributed by atoms with Crippen molar-refractivity contribution in [2.45, 2.75) is 18.9 Å². The van der Waals surface area contributed by atoms with Crippen LogP contribution in [0.5, 0.6) is 0 Å². The van der Waals surface area contributed by atoms with Crippen LogP contribution in [0.15, 0.2) is 12.4 Å². The van der Waals surface area contributed by atoms with E-state index in [1.54, 1.807) is 0 Å². The van der Waals surface area contributed by atoms with Crippen molar-refractivity contribution in [2.24, 2.45) is 7.05 Å². The van der Waals surface area contributed by atoms with Crippen LogP contribution in [0.25, 0.3) is 0 Å². The van der Waals surface area contributed by atoms with Crippen LogP contribution >= 0.6 is 0 Å². The third kappa shape index (κ3) is 6.04. The van der Waals surface area contributed by atoms with Gasteiger partial charge in [-0.25, -0.2) is 0 Å². The molecule has 1 atom stereocenters. The molecule has 0 radical (unpaired) electrons. The van der Waals surface area contributed by atoms with Crippen LogP contribution in [0.2, 0.25) is 0 Å². The van der Waals surface area contributed by atoms with Crippen LogP contribution in [0.3, 0.4) is 0 Å². The predicted molar refractivity (Wildman–Crippen MR) is 89.0 cm³/mol. The van der Waals surface area contributed by atoms with Crippen LogP contribution in [0, 0.1) is 0 Å². The SMILES string of the molecule is CN1CCN(CC(O)CN(C)CCCc2cnn(C)c2)CC1. The molecule has 2 rings (SSSR count). The van der Waals surface area contributed by atoms with Gasteiger partial charge in [-0.1, -0.05) is 0 Å². The molecule has 1 unspecified atom stereocenters. The molecule has 6 nitrogen and oxygen atoms in total. The number of β-amino-alcohol motifs (C(OH)–C–C–N with tert-alkyl or cyclic N) is 1. The number of aliphatic hydroxyl groups excluding tert-OH is 1. The molecule has 1 aromatic rings. The van der Waals surface area contributed by atoms with Gasteiger partial charge in [-0.3, -0.25) is 9.58 Å². The number of piperazine rings is 1. The molecule has 22 heavy (non-hydrogen) atoms. The number of aliphatic hydroxyl groups is 1. The van der Waals surface area contributed by atoms with E-state index in [9.17, 15) is 5.11 Å². The van der Waals surface area contributed by atoms with Crippen LogP contribution in [-0.4, -0.2) is 95.6 Å². The zero-order chi connectivity index (χ0) is 15.9. The molecule has 0 saturated carbocycles. The van der Waals surface area contributed by atoms with Crippen molar-refractivity contribution in [2.75, 3.05) is 59.9 Å². The second kappa shape index (κ2) is 8.62. The summed E-state index contributed by atoms with van der Waals surface area (Å²) in [5, 5.41) is 14.4. The van der Waals surface area contributed by atoms with Crippen molar-refractivity contribution >= 4 is 0 Å². The average molecular weight is 309 g/mol. The lowest BCUT2D eigenvalue weighted by Crippen LogP contribution is -2.48. The fourth-order valence-electron chi connectivity index (χ4n) is 2.99. The first-order chi connectivity index (χ1) is 10.5. The third-order valence-corrected chi connectivity index (χ3v) is 4.35. The highest BCUT2D eigenvalue weighted by Crippen LogP contribution is 2.04. The van der Waals surface area contributed by atoms with Gasteiger partial charge >= 0.3 is 0 Å². The molecule has 1 fully saturated rings. The monoisotopic (exact) mass is 309 g/mol. The first-order valence-corrected chi connectivity index (χ1v) is 8.28. The number of aromatic nitrogens is 2. The van der Waals surface area contributed by atoms with Gasteiger partial charge in [0.1, 0.15) is 0 Å². The topological polar surface area (TPSA) is 47.8 Å². The van der Waals surface area contributed by atoms with E-state index in [2.05, 4.69) is 40.1 Å². The maximum absolute atomic E-state index is 10.2. The summed E-state index contributed by atoms with van der Waals surface area (Å²) in [4.78, 5) is 6.94. The molecular formula is C16H31N5O. The van der Waals surface area contributed by atoms with Crippen LogP contribution in [0.1, 0.15) is 12.0 Å². The van der Waals surface area contributed by atoms with Gasteiger partial charge in [-0.2, -0.15) is 5.10 Å². The molecule has 0 amide bonds. The van der Waals surface area contributed by atoms with E-state index in [4.69, 9.17) is 0 Å². The summed E-state index contributed by atoms with van der Waals surface area (Å²) >= 11 is 0. The molecule has 1 saturated heterocycles. The standard InChI is InChI=1S/C16H31N5O/c1-18-7-9-21(10-8-18)14-16(22)13-19(2)6-4-5-15-11-17-20(3)12-15/h11-12,16,22H,4-10,13-14H2,1-3H3. The van der Waals surface area contributed by atoms with E-state index in [0.29, 0.717) is 0 Å². The smallest absolute Gasteiger partial charge is 0.0793 e. The van der Waals surface area contributed by atoms with Gasteiger partial charge in [0.2, 0.25) is 0 Å². The lowest BCUT2D eigenvalue weighted by atomic mass is 10.2. The highest BCUT2D eigenvalue weighted by Gasteiger charge is 2.17. The normalized spacial score (nSPS) is 19.0. The number of likely N-dealkylation sites (N-methyl/N-ethyl adjacent to an activating group) is 2. The molecule has 0 spiro atoms. The molecular weight excluding hydrogens is 278 g/mol. The Bertz CT molecular complexity index is 428. The van der Waals surface area contributed by atoms with Crippen molar-refractivity contribution in [1.29, 1.82) is 0 Å². The van der Waals surface area contributed by atoms with Crippen molar-refractivity contribution in [1.82, 2.24) is 24.5 Å². The predicted octanol–water partition coefficient (Wildman–Crippen LogP) is -0.107. The van der Waals surface area contributed by atoms with E-state index < -0.39 is 0 Å². The highest BCUT2D eigenvalue weighted by atomic mass is 16.3. The first kappa shape index (κ1) is 17.4. The van der Waals surface area contributed by atoms with Gasteiger partial charge in [0.15, 0.2) is 0 Å². The number of nitrogens with zero attached hydrogens (tertiary/aromatic N) is 5. The lowest BCUT2D eigenvalue weighted by Gasteiger charge is -2.34. The Morgan fingerprint density at radius 2 is 2.00 bits per heavy atom. The lowest BCUT2D eigenvalue weighted by molar-refractivity contribution is 0.0606. The number of rotatable bonds is 8. The summed E-state index contributed by atoms with van der Waals surface area (Å²) in [6.45, 7) is 6.90. The number of hydrogen-bond acceptors (Lipinski definition) is 5. The van der Waals surface area contributed by atoms with Crippen molar-refractivity contribution in [3.63, 3.8) is 0 Å². The summed E-state index contributed by atoms with van der Waals surface area (Å²) in [5.74, 6) is 0. The van der Waals surface area contributed by atoms with Gasteiger partial charge in [0.05, 0.1) is 12.3 Å². The zero-order valence-corrected chi connectivity index (χ0v) is 14.3. The molecule has 1 aliphatic rings. The maximum atomic E-state index is 10.2. The molecule has 0 aromatic carbocycles. The third-order valence-electron chi connectivity index (χ3n) is 4.35. The maximum Gasteiger partial charge on any atom is 0.0793 e. The summed E-state index contributed by atoms with van der Waals surface area (Å²) in [6.07, 6.45) is 5.90. The Hall–Kier alpha value is -0.950. The molecule has 0 bridgehead atoms. The van der Waals surface area contributed by atoms with Gasteiger partial charge in [0, 0.05) is 52.5 Å². The Morgan fingerprint density at radius 3 is 2.64 bits per heavy atom. The quantitative estimate of drug-likeness (QED) is 0.726. The minimum absolute atomic E-state index is 0.258. The van der Waals surface area contributed by atoms with E-state index in [1.165, 1.54) is 5.56 Å². The summed E-state index contributed by atoms with van der Waals surface area (Å²) < 4.78 is 1.85. The number of aryl methyl sites for hydroxylation is 2. The molecule has 1 aliphatic heterocycles. The van der Waals surface area contributed by atoms with Gasteiger partial charge in [0.25, 0.3) is 0 Å². The fourth-order valence-corrected chi connectivity index (χ4v) is 2.99. The Kier molecular flexibility index (Phi) is 6.82. The van der Waals surface area contributed by atoms with Crippen LogP contribution in [-0.2, 0) is 13.5 Å². The van der Waals surface area contributed by atoms with Crippen LogP contribution < -0.4 is 0 Å². The molecule has 6 heteroatoms. The summed E-state index contributed by atoms with van der Waals surface area (Å²) in [6, 6.07) is 0. The Labute approximate surface area is 134 Å². The minimum Gasteiger partial charge on any atom is -0.390 e. The number of hydrogen-bond donors (Lipinski definition) is 1. The average Bonchev–Trinajstić information content (AvgIpc) is 2.87. The molecule has 126 valence electrons. The molecule has 2 heterocycles. The highest BCUT2D eigenvalue weighted by molar-refractivity contribution is 5.03. The summed E-state index contributed by atoms with van der Waals surface area (Å²) in [7, 11) is 6.20. The van der Waals surface area contributed by atoms with Crippen molar-refractivity contribution in [3.8, 4) is 0 Å². The largest absolute Gasteiger partial charge is 0.390 e. The summed E-state index contributed by atoms with van der Waals surface area (Å²) in [5.41, 5.74) is 1.29. The van der Waals surface area contributed by atoms with E-state index in [0.717, 1.165) is 58.7 Å². The molecule has 1 N–H and O–H groups in total. The first-order valence-electron chi connectivity index (χ1n) is 8.28. The molecule has 0 aliphatic carbocycles. The van der Waals surface area contributed by atoms with E-state index >= 15 is 0 Å². The van der Waals surface area contributed by atoms with Crippen molar-refractivity contribution < 1.29 is 5.11 Å². The van der Waals surface area contributed by atoms with Crippen LogP contribution in [0.4, 0.5) is 0 Å².